The molecule has 0 aromatic heterocycles. The van der Waals surface area contributed by atoms with E-state index in [1.165, 1.54) is 96.3 Å². The van der Waals surface area contributed by atoms with Gasteiger partial charge < -0.3 is 20.1 Å². The molecule has 0 radical (unpaired) electrons. The summed E-state index contributed by atoms with van der Waals surface area (Å²) in [6.07, 6.45) is 43.1. The zero-order chi connectivity index (χ0) is 38.9. The van der Waals surface area contributed by atoms with Crippen LogP contribution < -0.4 is 5.73 Å². The van der Waals surface area contributed by atoms with Crippen molar-refractivity contribution in [1.29, 1.82) is 0 Å². The molecule has 0 heterocycles. The van der Waals surface area contributed by atoms with Crippen molar-refractivity contribution in [3.8, 4) is 0 Å². The number of unbranched alkanes of at least 4 members (excludes halogenated alkanes) is 21. The van der Waals surface area contributed by atoms with E-state index < -0.39 is 26.5 Å². The van der Waals surface area contributed by atoms with Crippen LogP contribution in [-0.2, 0) is 32.7 Å². The molecule has 3 N–H and O–H groups in total. The van der Waals surface area contributed by atoms with Crippen LogP contribution in [0.15, 0.2) is 36.5 Å². The maximum Gasteiger partial charge on any atom is 0.472 e. The summed E-state index contributed by atoms with van der Waals surface area (Å²) < 4.78 is 32.8. The highest BCUT2D eigenvalue weighted by Crippen LogP contribution is 2.43. The van der Waals surface area contributed by atoms with Gasteiger partial charge in [0.25, 0.3) is 0 Å². The normalized spacial score (nSPS) is 13.7. The van der Waals surface area contributed by atoms with Crippen LogP contribution in [0.25, 0.3) is 0 Å². The van der Waals surface area contributed by atoms with Crippen molar-refractivity contribution in [2.24, 2.45) is 5.73 Å². The number of esters is 2. The first-order chi connectivity index (χ1) is 25.8. The van der Waals surface area contributed by atoms with Crippen LogP contribution in [-0.4, -0.2) is 49.3 Å². The van der Waals surface area contributed by atoms with Gasteiger partial charge in [-0.2, -0.15) is 0 Å². The molecule has 53 heavy (non-hydrogen) atoms. The zero-order valence-electron chi connectivity index (χ0n) is 34.0. The third-order valence-electron chi connectivity index (χ3n) is 9.00. The van der Waals surface area contributed by atoms with Crippen LogP contribution >= 0.6 is 7.82 Å². The molecule has 0 aromatic carbocycles. The van der Waals surface area contributed by atoms with Crippen LogP contribution in [0, 0.1) is 0 Å². The summed E-state index contributed by atoms with van der Waals surface area (Å²) in [6, 6.07) is 0. The van der Waals surface area contributed by atoms with Crippen molar-refractivity contribution in [2.45, 2.75) is 200 Å². The lowest BCUT2D eigenvalue weighted by atomic mass is 10.1. The fourth-order valence-electron chi connectivity index (χ4n) is 5.78. The molecule has 0 spiro atoms. The topological polar surface area (TPSA) is 134 Å². The molecule has 0 fully saturated rings. The Kier molecular flexibility index (Phi) is 38.6. The average molecular weight is 770 g/mol. The van der Waals surface area contributed by atoms with Gasteiger partial charge in [0.1, 0.15) is 6.61 Å². The minimum atomic E-state index is -4.38. The number of ether oxygens (including phenoxy) is 2. The Hall–Kier alpha value is -1.77. The van der Waals surface area contributed by atoms with E-state index in [0.29, 0.717) is 6.42 Å². The SMILES string of the molecule is CCCCCC=CCC=CCCCCCCCCCC(=O)OC(COC(=O)CCCCCCCCCC=CCCCCCC)COP(=O)(O)OCCN. The summed E-state index contributed by atoms with van der Waals surface area (Å²) in [7, 11) is -4.38. The van der Waals surface area contributed by atoms with Gasteiger partial charge in [-0.25, -0.2) is 4.57 Å². The Bertz CT molecular complexity index is 970. The molecule has 0 aliphatic heterocycles. The summed E-state index contributed by atoms with van der Waals surface area (Å²) in [4.78, 5) is 34.8. The van der Waals surface area contributed by atoms with Gasteiger partial charge in [0, 0.05) is 19.4 Å². The lowest BCUT2D eigenvalue weighted by molar-refractivity contribution is -0.161. The van der Waals surface area contributed by atoms with E-state index in [4.69, 9.17) is 24.3 Å². The van der Waals surface area contributed by atoms with Gasteiger partial charge in [0.15, 0.2) is 6.10 Å². The van der Waals surface area contributed by atoms with E-state index in [9.17, 15) is 19.0 Å². The van der Waals surface area contributed by atoms with Gasteiger partial charge in [-0.15, -0.1) is 0 Å². The minimum Gasteiger partial charge on any atom is -0.462 e. The highest BCUT2D eigenvalue weighted by Gasteiger charge is 2.26. The zero-order valence-corrected chi connectivity index (χ0v) is 34.9. The molecular weight excluding hydrogens is 689 g/mol. The Morgan fingerprint density at radius 1 is 0.566 bits per heavy atom. The van der Waals surface area contributed by atoms with Crippen LogP contribution in [0.4, 0.5) is 0 Å². The van der Waals surface area contributed by atoms with Crippen LogP contribution in [0.3, 0.4) is 0 Å². The van der Waals surface area contributed by atoms with E-state index in [-0.39, 0.29) is 38.6 Å². The standard InChI is InChI=1S/C43H80NO8P/c1-3-5-7-9-11-13-15-17-19-20-22-24-26-28-30-32-34-36-43(46)52-41(40-51-53(47,48)50-38-37-44)39-49-42(45)35-33-31-29-27-25-23-21-18-16-14-12-10-8-6-4-2/h11,13-14,16-17,19,41H,3-10,12,15,18,20-40,44H2,1-2H3,(H,47,48). The van der Waals surface area contributed by atoms with Crippen molar-refractivity contribution in [1.82, 2.24) is 0 Å². The Balaban J connectivity index is 4.17. The van der Waals surface area contributed by atoms with Crippen molar-refractivity contribution in [3.63, 3.8) is 0 Å². The molecule has 2 unspecified atom stereocenters. The third-order valence-corrected chi connectivity index (χ3v) is 9.98. The van der Waals surface area contributed by atoms with Gasteiger partial charge in [0.05, 0.1) is 13.2 Å². The van der Waals surface area contributed by atoms with Crippen LogP contribution in [0.2, 0.25) is 0 Å². The number of hydrogen-bond acceptors (Lipinski definition) is 8. The van der Waals surface area contributed by atoms with E-state index >= 15 is 0 Å². The summed E-state index contributed by atoms with van der Waals surface area (Å²) in [5, 5.41) is 0. The molecule has 0 aliphatic carbocycles. The van der Waals surface area contributed by atoms with Crippen molar-refractivity contribution in [3.05, 3.63) is 36.5 Å². The molecule has 0 rings (SSSR count). The summed E-state index contributed by atoms with van der Waals surface area (Å²) >= 11 is 0. The molecule has 0 aliphatic rings. The molecule has 0 aromatic rings. The molecule has 9 nitrogen and oxygen atoms in total. The van der Waals surface area contributed by atoms with Gasteiger partial charge in [-0.1, -0.05) is 147 Å². The number of nitrogens with two attached hydrogens (primary N) is 1. The Morgan fingerprint density at radius 3 is 1.49 bits per heavy atom. The average Bonchev–Trinajstić information content (AvgIpc) is 3.14. The molecule has 0 bridgehead atoms. The van der Waals surface area contributed by atoms with Crippen LogP contribution in [0.5, 0.6) is 0 Å². The fourth-order valence-corrected chi connectivity index (χ4v) is 6.54. The first-order valence-electron chi connectivity index (χ1n) is 21.5. The second-order valence-corrected chi connectivity index (χ2v) is 15.7. The fraction of sp³-hybridized carbons (Fsp3) is 0.814. The van der Waals surface area contributed by atoms with E-state index in [1.807, 2.05) is 0 Å². The number of carbonyl (C=O) groups excluding carboxylic acids is 2. The van der Waals surface area contributed by atoms with Crippen LogP contribution in [0.1, 0.15) is 194 Å². The largest absolute Gasteiger partial charge is 0.472 e. The monoisotopic (exact) mass is 770 g/mol. The Labute approximate surface area is 324 Å². The number of phosphoric acid groups is 1. The highest BCUT2D eigenvalue weighted by molar-refractivity contribution is 7.47. The first kappa shape index (κ1) is 51.2. The minimum absolute atomic E-state index is 0.0511. The second-order valence-electron chi connectivity index (χ2n) is 14.2. The molecule has 0 amide bonds. The molecule has 0 saturated heterocycles. The van der Waals surface area contributed by atoms with Gasteiger partial charge in [-0.05, 0) is 70.6 Å². The lowest BCUT2D eigenvalue weighted by Gasteiger charge is -2.19. The predicted molar refractivity (Wildman–Crippen MR) is 220 cm³/mol. The molecule has 10 heteroatoms. The summed E-state index contributed by atoms with van der Waals surface area (Å²) in [5.74, 6) is -0.841. The number of carbonyl (C=O) groups is 2. The van der Waals surface area contributed by atoms with Gasteiger partial charge in [0.2, 0.25) is 0 Å². The van der Waals surface area contributed by atoms with Gasteiger partial charge in [-0.3, -0.25) is 18.6 Å². The number of allylic oxidation sites excluding steroid dienone is 6. The summed E-state index contributed by atoms with van der Waals surface area (Å²) in [6.45, 7) is 3.68. The molecule has 0 saturated carbocycles. The predicted octanol–water partition coefficient (Wildman–Crippen LogP) is 12.2. The Morgan fingerprint density at radius 2 is 0.981 bits per heavy atom. The number of hydrogen-bond donors (Lipinski definition) is 2. The molecular formula is C43H80NO8P. The second kappa shape index (κ2) is 39.9. The summed E-state index contributed by atoms with van der Waals surface area (Å²) in [5.41, 5.74) is 5.34. The molecule has 310 valence electrons. The highest BCUT2D eigenvalue weighted by atomic mass is 31.2. The van der Waals surface area contributed by atoms with E-state index in [0.717, 1.165) is 64.2 Å². The third kappa shape index (κ3) is 39.7. The quantitative estimate of drug-likeness (QED) is 0.0270. The van der Waals surface area contributed by atoms with E-state index in [2.05, 4.69) is 50.3 Å². The van der Waals surface area contributed by atoms with E-state index in [1.54, 1.807) is 0 Å². The van der Waals surface area contributed by atoms with Crippen molar-refractivity contribution in [2.75, 3.05) is 26.4 Å². The molecule has 2 atom stereocenters. The lowest BCUT2D eigenvalue weighted by Crippen LogP contribution is -2.29. The first-order valence-corrected chi connectivity index (χ1v) is 23.0. The van der Waals surface area contributed by atoms with Crippen molar-refractivity contribution >= 4 is 19.8 Å². The smallest absolute Gasteiger partial charge is 0.462 e. The van der Waals surface area contributed by atoms with Crippen molar-refractivity contribution < 1.29 is 37.6 Å². The number of rotatable bonds is 40. The number of phosphoric ester groups is 1. The maximum absolute atomic E-state index is 12.6. The van der Waals surface area contributed by atoms with Gasteiger partial charge >= 0.3 is 19.8 Å². The maximum atomic E-state index is 12.6.